The number of fused-ring (bicyclic) bond motifs is 2. The van der Waals surface area contributed by atoms with Gasteiger partial charge in [-0.2, -0.15) is 5.10 Å². The van der Waals surface area contributed by atoms with E-state index in [1.807, 2.05) is 43.4 Å². The fourth-order valence-corrected chi connectivity index (χ4v) is 5.37. The van der Waals surface area contributed by atoms with Crippen LogP contribution < -0.4 is 4.90 Å². The van der Waals surface area contributed by atoms with Gasteiger partial charge in [0.1, 0.15) is 15.7 Å². The van der Waals surface area contributed by atoms with Crippen molar-refractivity contribution in [2.45, 2.75) is 6.42 Å². The molecule has 2 N–H and O–H groups in total. The number of aromatic nitrogens is 6. The Bertz CT molecular complexity index is 2000. The topological polar surface area (TPSA) is 121 Å². The van der Waals surface area contributed by atoms with Gasteiger partial charge in [0.25, 0.3) is 0 Å². The summed E-state index contributed by atoms with van der Waals surface area (Å²) in [5.41, 5.74) is 7.68. The first-order valence-corrected chi connectivity index (χ1v) is 14.6. The third kappa shape index (κ3) is 5.03. The van der Waals surface area contributed by atoms with Crippen molar-refractivity contribution in [1.29, 1.82) is 0 Å². The molecule has 0 aliphatic carbocycles. The number of rotatable bonds is 7. The van der Waals surface area contributed by atoms with Crippen LogP contribution in [0, 0.1) is 5.82 Å². The van der Waals surface area contributed by atoms with Crippen molar-refractivity contribution in [1.82, 2.24) is 30.1 Å². The summed E-state index contributed by atoms with van der Waals surface area (Å²) in [5, 5.41) is 9.18. The number of aromatic amines is 2. The number of aryl methyl sites for hydroxylation is 1. The Kier molecular flexibility index (Phi) is 6.30. The highest BCUT2D eigenvalue weighted by atomic mass is 32.2. The van der Waals surface area contributed by atoms with Crippen molar-refractivity contribution in [3.63, 3.8) is 0 Å². The van der Waals surface area contributed by atoms with E-state index >= 15 is 0 Å². The number of benzene rings is 1. The van der Waals surface area contributed by atoms with Gasteiger partial charge in [-0.1, -0.05) is 6.07 Å². The molecule has 0 atom stereocenters. The van der Waals surface area contributed by atoms with Crippen LogP contribution in [0.15, 0.2) is 67.4 Å². The number of anilines is 1. The van der Waals surface area contributed by atoms with E-state index in [1.165, 1.54) is 18.4 Å². The summed E-state index contributed by atoms with van der Waals surface area (Å²) >= 11 is 0. The molecule has 0 amide bonds. The van der Waals surface area contributed by atoms with Crippen molar-refractivity contribution in [3.8, 4) is 33.6 Å². The molecule has 0 aliphatic rings. The average Bonchev–Trinajstić information content (AvgIpc) is 3.55. The molecule has 202 valence electrons. The van der Waals surface area contributed by atoms with Crippen molar-refractivity contribution in [2.24, 2.45) is 0 Å². The minimum absolute atomic E-state index is 0.0505. The number of hydrogen-bond acceptors (Lipinski definition) is 7. The highest BCUT2D eigenvalue weighted by molar-refractivity contribution is 7.90. The lowest BCUT2D eigenvalue weighted by Crippen LogP contribution is -2.08. The molecule has 0 saturated heterocycles. The smallest absolute Gasteiger partial charge is 0.181 e. The number of nitrogens with zero attached hydrogens (tertiary/aromatic N) is 5. The molecule has 0 bridgehead atoms. The highest BCUT2D eigenvalue weighted by Gasteiger charge is 2.16. The van der Waals surface area contributed by atoms with E-state index in [0.29, 0.717) is 16.8 Å². The lowest BCUT2D eigenvalue weighted by molar-refractivity contribution is 0.600. The van der Waals surface area contributed by atoms with Crippen LogP contribution in [0.2, 0.25) is 0 Å². The maximum atomic E-state index is 14.6. The highest BCUT2D eigenvalue weighted by Crippen LogP contribution is 2.35. The standard InChI is InChI=1S/C29H26FN7O2S/c1-37(2)22-9-19(12-31-14-22)20-10-24-28(35-36-29(24)33-13-20)26-11-23-25(15-32-16-27(23)34-26)18-6-17(7-21(30)8-18)4-5-40(3,38)39/h6-16,34H,4-5H2,1-3H3,(H,33,35,36). The molecule has 11 heteroatoms. The molecular weight excluding hydrogens is 529 g/mol. The van der Waals surface area contributed by atoms with Crippen LogP contribution in [0.4, 0.5) is 10.1 Å². The van der Waals surface area contributed by atoms with Crippen LogP contribution in [0.5, 0.6) is 0 Å². The zero-order valence-electron chi connectivity index (χ0n) is 22.1. The van der Waals surface area contributed by atoms with Crippen molar-refractivity contribution in [2.75, 3.05) is 31.0 Å². The van der Waals surface area contributed by atoms with Crippen LogP contribution in [0.25, 0.3) is 55.6 Å². The van der Waals surface area contributed by atoms with Crippen LogP contribution in [-0.2, 0) is 16.3 Å². The largest absolute Gasteiger partial charge is 0.376 e. The van der Waals surface area contributed by atoms with Gasteiger partial charge >= 0.3 is 0 Å². The Morgan fingerprint density at radius 2 is 1.68 bits per heavy atom. The van der Waals surface area contributed by atoms with E-state index in [4.69, 9.17) is 0 Å². The number of hydrogen-bond donors (Lipinski definition) is 2. The van der Waals surface area contributed by atoms with Gasteiger partial charge in [0.2, 0.25) is 0 Å². The SMILES string of the molecule is CN(C)c1cncc(-c2cnc3n[nH]c(-c4cc5c(-c6cc(F)cc(CCS(C)(=O)=O)c6)cncc5[nH]4)c3c2)c1. The molecule has 6 rings (SSSR count). The Morgan fingerprint density at radius 3 is 2.48 bits per heavy atom. The Labute approximate surface area is 230 Å². The molecule has 6 aromatic rings. The summed E-state index contributed by atoms with van der Waals surface area (Å²) in [6.45, 7) is 0. The molecule has 1 aromatic carbocycles. The zero-order valence-corrected chi connectivity index (χ0v) is 22.9. The van der Waals surface area contributed by atoms with E-state index in [2.05, 4.69) is 36.2 Å². The van der Waals surface area contributed by atoms with E-state index in [1.54, 1.807) is 24.8 Å². The van der Waals surface area contributed by atoms with Gasteiger partial charge in [-0.3, -0.25) is 15.1 Å². The van der Waals surface area contributed by atoms with Crippen molar-refractivity contribution < 1.29 is 12.8 Å². The number of pyridine rings is 3. The maximum Gasteiger partial charge on any atom is 0.181 e. The summed E-state index contributed by atoms with van der Waals surface area (Å²) in [6, 6.07) is 10.7. The van der Waals surface area contributed by atoms with Crippen LogP contribution >= 0.6 is 0 Å². The molecule has 5 aromatic heterocycles. The van der Waals surface area contributed by atoms with E-state index in [-0.39, 0.29) is 12.2 Å². The number of H-pyrrole nitrogens is 2. The molecule has 0 aliphatic heterocycles. The first kappa shape index (κ1) is 25.6. The third-order valence-electron chi connectivity index (χ3n) is 6.83. The van der Waals surface area contributed by atoms with Gasteiger partial charge in [-0.05, 0) is 47.9 Å². The summed E-state index contributed by atoms with van der Waals surface area (Å²) in [4.78, 5) is 18.7. The molecule has 40 heavy (non-hydrogen) atoms. The Morgan fingerprint density at radius 1 is 0.875 bits per heavy atom. The molecule has 9 nitrogen and oxygen atoms in total. The summed E-state index contributed by atoms with van der Waals surface area (Å²) in [6.07, 6.45) is 10.2. The van der Waals surface area contributed by atoms with E-state index in [9.17, 15) is 12.8 Å². The van der Waals surface area contributed by atoms with Gasteiger partial charge < -0.3 is 9.88 Å². The molecule has 0 spiro atoms. The van der Waals surface area contributed by atoms with Gasteiger partial charge in [0.05, 0.1) is 40.7 Å². The zero-order chi connectivity index (χ0) is 28.0. The molecule has 0 radical (unpaired) electrons. The lowest BCUT2D eigenvalue weighted by atomic mass is 10.0. The van der Waals surface area contributed by atoms with Crippen LogP contribution in [0.3, 0.4) is 0 Å². The van der Waals surface area contributed by atoms with Crippen LogP contribution in [-0.4, -0.2) is 64.7 Å². The Balaban J connectivity index is 1.42. The van der Waals surface area contributed by atoms with Gasteiger partial charge in [0.15, 0.2) is 5.65 Å². The minimum atomic E-state index is -3.17. The molecule has 0 fully saturated rings. The minimum Gasteiger partial charge on any atom is -0.376 e. The van der Waals surface area contributed by atoms with Crippen LogP contribution in [0.1, 0.15) is 5.56 Å². The number of nitrogens with one attached hydrogen (secondary N) is 2. The molecule has 5 heterocycles. The van der Waals surface area contributed by atoms with Gasteiger partial charge in [-0.15, -0.1) is 0 Å². The van der Waals surface area contributed by atoms with Gasteiger partial charge in [0, 0.05) is 66.4 Å². The molecule has 0 saturated carbocycles. The predicted molar refractivity (Wildman–Crippen MR) is 155 cm³/mol. The first-order chi connectivity index (χ1) is 19.1. The Hall–Kier alpha value is -4.64. The summed E-state index contributed by atoms with van der Waals surface area (Å²) in [5.74, 6) is -0.481. The third-order valence-corrected chi connectivity index (χ3v) is 7.77. The maximum absolute atomic E-state index is 14.6. The number of sulfone groups is 1. The van der Waals surface area contributed by atoms with Gasteiger partial charge in [-0.25, -0.2) is 17.8 Å². The molecular formula is C29H26FN7O2S. The monoisotopic (exact) mass is 555 g/mol. The second-order valence-electron chi connectivity index (χ2n) is 10.1. The number of halogens is 1. The summed E-state index contributed by atoms with van der Waals surface area (Å²) < 4.78 is 37.9. The van der Waals surface area contributed by atoms with E-state index in [0.717, 1.165) is 50.1 Å². The first-order valence-electron chi connectivity index (χ1n) is 12.6. The fourth-order valence-electron chi connectivity index (χ4n) is 4.76. The molecule has 0 unspecified atom stereocenters. The van der Waals surface area contributed by atoms with E-state index < -0.39 is 15.7 Å². The summed E-state index contributed by atoms with van der Waals surface area (Å²) in [7, 11) is 0.762. The lowest BCUT2D eigenvalue weighted by Gasteiger charge is -2.12. The average molecular weight is 556 g/mol. The fraction of sp³-hybridized carbons (Fsp3) is 0.172. The second kappa shape index (κ2) is 9.83. The van der Waals surface area contributed by atoms with Crippen molar-refractivity contribution in [3.05, 3.63) is 78.8 Å². The van der Waals surface area contributed by atoms with Crippen molar-refractivity contribution >= 4 is 37.5 Å². The predicted octanol–water partition coefficient (Wildman–Crippen LogP) is 5.02. The normalized spacial score (nSPS) is 11.9. The quantitative estimate of drug-likeness (QED) is 0.284. The second-order valence-corrected chi connectivity index (χ2v) is 12.3.